The Morgan fingerprint density at radius 1 is 0.964 bits per heavy atom. The highest BCUT2D eigenvalue weighted by Crippen LogP contribution is 2.30. The Morgan fingerprint density at radius 2 is 1.71 bits per heavy atom. The Bertz CT molecular complexity index is 1060. The number of carbonyl (C=O) groups excluding carboxylic acids is 2. The van der Waals surface area contributed by atoms with E-state index in [1.807, 2.05) is 19.1 Å². The monoisotopic (exact) mass is 381 g/mol. The van der Waals surface area contributed by atoms with Crippen LogP contribution in [-0.4, -0.2) is 11.9 Å². The third-order valence-corrected chi connectivity index (χ3v) is 4.11. The molecule has 3 aromatic rings. The summed E-state index contributed by atoms with van der Waals surface area (Å²) in [5.74, 6) is -2.52. The van der Waals surface area contributed by atoms with E-state index in [0.717, 1.165) is 17.7 Å². The molecule has 0 aliphatic rings. The number of amides is 1. The standard InChI is InChI=1S/C22H17F2NO3/c1-13-5-3-4-6-20(13)25-22(27)18-11-15(7-10-21(18)28-14(2)26)17-9-8-16(23)12-19(17)24/h3-12H,1-2H3,(H,25,27). The third-order valence-electron chi connectivity index (χ3n) is 4.11. The third kappa shape index (κ3) is 4.23. The minimum Gasteiger partial charge on any atom is -0.426 e. The minimum absolute atomic E-state index is 0.0462. The summed E-state index contributed by atoms with van der Waals surface area (Å²) in [6.45, 7) is 3.06. The van der Waals surface area contributed by atoms with Gasteiger partial charge in [-0.3, -0.25) is 9.59 Å². The van der Waals surface area contributed by atoms with Gasteiger partial charge in [0, 0.05) is 24.2 Å². The van der Waals surface area contributed by atoms with Crippen LogP contribution >= 0.6 is 0 Å². The van der Waals surface area contributed by atoms with Gasteiger partial charge in [-0.15, -0.1) is 0 Å². The van der Waals surface area contributed by atoms with Crippen molar-refractivity contribution in [3.05, 3.63) is 83.4 Å². The summed E-state index contributed by atoms with van der Waals surface area (Å²) in [5, 5.41) is 2.76. The van der Waals surface area contributed by atoms with Gasteiger partial charge < -0.3 is 10.1 Å². The second-order valence-corrected chi connectivity index (χ2v) is 6.20. The van der Waals surface area contributed by atoms with Crippen molar-refractivity contribution in [3.8, 4) is 16.9 Å². The fourth-order valence-corrected chi connectivity index (χ4v) is 2.75. The first-order valence-corrected chi connectivity index (χ1v) is 8.50. The molecule has 0 spiro atoms. The summed E-state index contributed by atoms with van der Waals surface area (Å²) >= 11 is 0. The lowest BCUT2D eigenvalue weighted by atomic mass is 10.0. The Balaban J connectivity index is 2.04. The van der Waals surface area contributed by atoms with Crippen LogP contribution in [0.5, 0.6) is 5.75 Å². The molecule has 0 radical (unpaired) electrons. The maximum absolute atomic E-state index is 14.2. The van der Waals surface area contributed by atoms with E-state index in [0.29, 0.717) is 11.3 Å². The number of aryl methyl sites for hydroxylation is 1. The van der Waals surface area contributed by atoms with E-state index in [2.05, 4.69) is 5.32 Å². The lowest BCUT2D eigenvalue weighted by molar-refractivity contribution is -0.131. The van der Waals surface area contributed by atoms with E-state index in [1.165, 1.54) is 31.2 Å². The van der Waals surface area contributed by atoms with Gasteiger partial charge in [-0.05, 0) is 48.4 Å². The molecule has 0 bridgehead atoms. The summed E-state index contributed by atoms with van der Waals surface area (Å²) in [5.41, 5.74) is 1.98. The summed E-state index contributed by atoms with van der Waals surface area (Å²) in [4.78, 5) is 24.2. The van der Waals surface area contributed by atoms with Gasteiger partial charge in [-0.2, -0.15) is 0 Å². The fraction of sp³-hybridized carbons (Fsp3) is 0.0909. The minimum atomic E-state index is -0.759. The van der Waals surface area contributed by atoms with Crippen LogP contribution in [0.3, 0.4) is 0 Å². The second-order valence-electron chi connectivity index (χ2n) is 6.20. The predicted molar refractivity (Wildman–Crippen MR) is 102 cm³/mol. The summed E-state index contributed by atoms with van der Waals surface area (Å²) < 4.78 is 32.5. The van der Waals surface area contributed by atoms with Gasteiger partial charge in [-0.25, -0.2) is 8.78 Å². The zero-order valence-electron chi connectivity index (χ0n) is 15.3. The molecule has 0 heterocycles. The fourth-order valence-electron chi connectivity index (χ4n) is 2.75. The van der Waals surface area contributed by atoms with Crippen LogP contribution in [0, 0.1) is 18.6 Å². The first-order valence-electron chi connectivity index (χ1n) is 8.50. The van der Waals surface area contributed by atoms with Crippen molar-refractivity contribution in [2.45, 2.75) is 13.8 Å². The van der Waals surface area contributed by atoms with Crippen molar-refractivity contribution >= 4 is 17.6 Å². The molecule has 0 fully saturated rings. The number of rotatable bonds is 4. The molecule has 3 aromatic carbocycles. The van der Waals surface area contributed by atoms with Crippen molar-refractivity contribution < 1.29 is 23.1 Å². The Labute approximate surface area is 160 Å². The molecule has 0 aliphatic carbocycles. The van der Waals surface area contributed by atoms with Crippen LogP contribution in [0.4, 0.5) is 14.5 Å². The van der Waals surface area contributed by atoms with E-state index in [4.69, 9.17) is 4.74 Å². The largest absolute Gasteiger partial charge is 0.426 e. The lowest BCUT2D eigenvalue weighted by Crippen LogP contribution is -2.15. The van der Waals surface area contributed by atoms with Crippen molar-refractivity contribution in [2.24, 2.45) is 0 Å². The number of benzene rings is 3. The summed E-state index contributed by atoms with van der Waals surface area (Å²) in [7, 11) is 0. The first kappa shape index (κ1) is 19.2. The molecule has 0 unspecified atom stereocenters. The highest BCUT2D eigenvalue weighted by atomic mass is 19.1. The van der Waals surface area contributed by atoms with Crippen LogP contribution in [0.25, 0.3) is 11.1 Å². The molecule has 0 aliphatic heterocycles. The van der Waals surface area contributed by atoms with Gasteiger partial charge in [0.25, 0.3) is 5.91 Å². The smallest absolute Gasteiger partial charge is 0.308 e. The normalized spacial score (nSPS) is 10.4. The predicted octanol–water partition coefficient (Wildman–Crippen LogP) is 5.12. The van der Waals surface area contributed by atoms with Gasteiger partial charge >= 0.3 is 5.97 Å². The topological polar surface area (TPSA) is 55.4 Å². The van der Waals surface area contributed by atoms with Gasteiger partial charge in [0.2, 0.25) is 0 Å². The molecule has 4 nitrogen and oxygen atoms in total. The molecule has 0 saturated carbocycles. The van der Waals surface area contributed by atoms with E-state index in [-0.39, 0.29) is 16.9 Å². The number of hydrogen-bond acceptors (Lipinski definition) is 3. The molecule has 0 saturated heterocycles. The van der Waals surface area contributed by atoms with Crippen LogP contribution in [-0.2, 0) is 4.79 Å². The van der Waals surface area contributed by atoms with Crippen molar-refractivity contribution in [2.75, 3.05) is 5.32 Å². The molecule has 6 heteroatoms. The van der Waals surface area contributed by atoms with E-state index in [9.17, 15) is 18.4 Å². The first-order chi connectivity index (χ1) is 13.3. The van der Waals surface area contributed by atoms with Crippen molar-refractivity contribution in [1.82, 2.24) is 0 Å². The van der Waals surface area contributed by atoms with E-state index in [1.54, 1.807) is 12.1 Å². The molecule has 142 valence electrons. The highest BCUT2D eigenvalue weighted by Gasteiger charge is 2.18. The quantitative estimate of drug-likeness (QED) is 0.504. The number of esters is 1. The highest BCUT2D eigenvalue weighted by molar-refractivity contribution is 6.07. The molecule has 1 N–H and O–H groups in total. The molecule has 1 amide bonds. The Kier molecular flexibility index (Phi) is 5.49. The van der Waals surface area contributed by atoms with Crippen LogP contribution in [0.2, 0.25) is 0 Å². The number of ether oxygens (including phenoxy) is 1. The molecule has 0 aromatic heterocycles. The molecule has 0 atom stereocenters. The van der Waals surface area contributed by atoms with Crippen molar-refractivity contribution in [1.29, 1.82) is 0 Å². The van der Waals surface area contributed by atoms with E-state index < -0.39 is 23.5 Å². The van der Waals surface area contributed by atoms with Gasteiger partial charge in [-0.1, -0.05) is 24.3 Å². The van der Waals surface area contributed by atoms with Gasteiger partial charge in [0.15, 0.2) is 0 Å². The number of carbonyl (C=O) groups is 2. The number of anilines is 1. The second kappa shape index (κ2) is 8.00. The summed E-state index contributed by atoms with van der Waals surface area (Å²) in [6.07, 6.45) is 0. The average Bonchev–Trinajstić information content (AvgIpc) is 2.63. The van der Waals surface area contributed by atoms with Crippen LogP contribution in [0.1, 0.15) is 22.8 Å². The molecular weight excluding hydrogens is 364 g/mol. The number of nitrogens with one attached hydrogen (secondary N) is 1. The molecule has 28 heavy (non-hydrogen) atoms. The van der Waals surface area contributed by atoms with Gasteiger partial charge in [0.1, 0.15) is 17.4 Å². The van der Waals surface area contributed by atoms with Crippen molar-refractivity contribution in [3.63, 3.8) is 0 Å². The Morgan fingerprint density at radius 3 is 2.39 bits per heavy atom. The molecule has 3 rings (SSSR count). The Hall–Kier alpha value is -3.54. The van der Waals surface area contributed by atoms with Crippen LogP contribution in [0.15, 0.2) is 60.7 Å². The number of hydrogen-bond donors (Lipinski definition) is 1. The number of para-hydroxylation sites is 1. The van der Waals surface area contributed by atoms with E-state index >= 15 is 0 Å². The molecular formula is C22H17F2NO3. The maximum Gasteiger partial charge on any atom is 0.308 e. The van der Waals surface area contributed by atoms with Gasteiger partial charge in [0.05, 0.1) is 5.56 Å². The zero-order chi connectivity index (χ0) is 20.3. The number of halogens is 2. The SMILES string of the molecule is CC(=O)Oc1ccc(-c2ccc(F)cc2F)cc1C(=O)Nc1ccccc1C. The summed E-state index contributed by atoms with van der Waals surface area (Å²) in [6, 6.07) is 14.7. The maximum atomic E-state index is 14.2. The average molecular weight is 381 g/mol. The van der Waals surface area contributed by atoms with Crippen LogP contribution < -0.4 is 10.1 Å². The lowest BCUT2D eigenvalue weighted by Gasteiger charge is -2.13. The zero-order valence-corrected chi connectivity index (χ0v) is 15.3.